The van der Waals surface area contributed by atoms with Gasteiger partial charge in [-0.15, -0.1) is 0 Å². The van der Waals surface area contributed by atoms with Gasteiger partial charge in [0.25, 0.3) is 0 Å². The van der Waals surface area contributed by atoms with Gasteiger partial charge in [0.1, 0.15) is 6.10 Å². The van der Waals surface area contributed by atoms with Crippen LogP contribution in [-0.2, 0) is 0 Å². The largest absolute Gasteiger partial charge is 0.390 e. The van der Waals surface area contributed by atoms with E-state index in [0.29, 0.717) is 5.56 Å². The van der Waals surface area contributed by atoms with Gasteiger partial charge in [-0.05, 0) is 23.6 Å². The number of hydrogen-bond donors (Lipinski definition) is 3. The van der Waals surface area contributed by atoms with Crippen molar-refractivity contribution in [2.75, 3.05) is 6.54 Å². The van der Waals surface area contributed by atoms with Crippen LogP contribution in [0.25, 0.3) is 21.7 Å². The van der Waals surface area contributed by atoms with E-state index in [2.05, 4.69) is 20.2 Å². The second-order valence-corrected chi connectivity index (χ2v) is 4.31. The number of aliphatic hydroxyl groups is 2. The van der Waals surface area contributed by atoms with Gasteiger partial charge in [0.15, 0.2) is 0 Å². The second-order valence-electron chi connectivity index (χ2n) is 4.31. The summed E-state index contributed by atoms with van der Waals surface area (Å²) in [5.74, 6) is 0. The minimum Gasteiger partial charge on any atom is -0.390 e. The van der Waals surface area contributed by atoms with E-state index in [1.165, 1.54) is 0 Å². The van der Waals surface area contributed by atoms with Crippen molar-refractivity contribution in [3.8, 4) is 11.3 Å². The summed E-state index contributed by atoms with van der Waals surface area (Å²) in [4.78, 5) is 2.62. The normalized spacial score (nSPS) is 13.5. The van der Waals surface area contributed by atoms with Crippen LogP contribution in [0.4, 0.5) is 0 Å². The van der Waals surface area contributed by atoms with Crippen LogP contribution in [0.3, 0.4) is 0 Å². The number of nitrogens with zero attached hydrogens (tertiary/aromatic N) is 4. The Bertz CT molecular complexity index is 593. The number of benzene rings is 1. The smallest absolute Gasteiger partial charge is 0.105 e. The number of azide groups is 1. The molecule has 0 aliphatic rings. The molecule has 0 radical (unpaired) electrons. The third kappa shape index (κ3) is 3.16. The van der Waals surface area contributed by atoms with E-state index in [1.807, 2.05) is 12.1 Å². The average Bonchev–Trinajstić information content (AvgIpc) is 3.00. The van der Waals surface area contributed by atoms with Crippen molar-refractivity contribution in [2.24, 2.45) is 5.11 Å². The number of H-pyrrole nitrogens is 1. The van der Waals surface area contributed by atoms with E-state index in [0.717, 1.165) is 11.3 Å². The van der Waals surface area contributed by atoms with E-state index in [4.69, 9.17) is 5.53 Å². The fourth-order valence-electron chi connectivity index (χ4n) is 2.01. The highest BCUT2D eigenvalue weighted by Gasteiger charge is 2.21. The Morgan fingerprint density at radius 3 is 2.80 bits per heavy atom. The van der Waals surface area contributed by atoms with Crippen molar-refractivity contribution in [3.05, 3.63) is 52.5 Å². The van der Waals surface area contributed by atoms with Gasteiger partial charge in [-0.25, -0.2) is 0 Å². The third-order valence-electron chi connectivity index (χ3n) is 3.02. The van der Waals surface area contributed by atoms with Crippen molar-refractivity contribution in [1.82, 2.24) is 10.2 Å². The molecule has 0 saturated heterocycles. The number of hydrogen-bond acceptors (Lipinski definition) is 4. The Kier molecular flexibility index (Phi) is 4.73. The zero-order valence-electron chi connectivity index (χ0n) is 10.7. The molecule has 0 fully saturated rings. The third-order valence-corrected chi connectivity index (χ3v) is 3.02. The van der Waals surface area contributed by atoms with Crippen molar-refractivity contribution < 1.29 is 10.2 Å². The number of rotatable bonds is 6. The van der Waals surface area contributed by atoms with Gasteiger partial charge < -0.3 is 10.2 Å². The molecular weight excluding hydrogens is 258 g/mol. The predicted octanol–water partition coefficient (Wildman–Crippen LogP) is 2.17. The van der Waals surface area contributed by atoms with Crippen LogP contribution >= 0.6 is 0 Å². The van der Waals surface area contributed by atoms with Crippen LogP contribution < -0.4 is 0 Å². The molecule has 104 valence electrons. The lowest BCUT2D eigenvalue weighted by molar-refractivity contribution is 0.0153. The van der Waals surface area contributed by atoms with Crippen molar-refractivity contribution in [3.63, 3.8) is 0 Å². The summed E-state index contributed by atoms with van der Waals surface area (Å²) < 4.78 is 0. The van der Waals surface area contributed by atoms with E-state index < -0.39 is 12.2 Å². The minimum atomic E-state index is -1.05. The fourth-order valence-corrected chi connectivity index (χ4v) is 2.01. The van der Waals surface area contributed by atoms with Crippen LogP contribution in [0, 0.1) is 0 Å². The maximum Gasteiger partial charge on any atom is 0.105 e. The molecule has 20 heavy (non-hydrogen) atoms. The Morgan fingerprint density at radius 2 is 2.10 bits per heavy atom. The summed E-state index contributed by atoms with van der Waals surface area (Å²) in [5.41, 5.74) is 10.4. The van der Waals surface area contributed by atoms with E-state index >= 15 is 0 Å². The van der Waals surface area contributed by atoms with E-state index in [-0.39, 0.29) is 13.0 Å². The topological polar surface area (TPSA) is 118 Å². The van der Waals surface area contributed by atoms with Crippen LogP contribution in [0.2, 0.25) is 0 Å². The average molecular weight is 273 g/mol. The number of aromatic nitrogens is 2. The van der Waals surface area contributed by atoms with Crippen LogP contribution in [0.15, 0.2) is 41.6 Å². The van der Waals surface area contributed by atoms with Gasteiger partial charge in [0.2, 0.25) is 0 Å². The van der Waals surface area contributed by atoms with Crippen molar-refractivity contribution in [2.45, 2.75) is 18.6 Å². The summed E-state index contributed by atoms with van der Waals surface area (Å²) >= 11 is 0. The van der Waals surface area contributed by atoms with Crippen molar-refractivity contribution in [1.29, 1.82) is 0 Å². The summed E-state index contributed by atoms with van der Waals surface area (Å²) in [6, 6.07) is 9.01. The zero-order valence-corrected chi connectivity index (χ0v) is 10.7. The first-order chi connectivity index (χ1) is 9.74. The molecule has 3 N–H and O–H groups in total. The Balaban J connectivity index is 2.21. The Morgan fingerprint density at radius 1 is 1.30 bits per heavy atom. The van der Waals surface area contributed by atoms with Gasteiger partial charge in [-0.3, -0.25) is 5.10 Å². The maximum atomic E-state index is 10.2. The SMILES string of the molecule is [N-]=[N+]=NCCC(O)C(O)c1ccccc1-c1ccn[nH]1. The summed E-state index contributed by atoms with van der Waals surface area (Å²) in [6.45, 7) is 0.140. The van der Waals surface area contributed by atoms with Crippen LogP contribution in [-0.4, -0.2) is 33.1 Å². The highest BCUT2D eigenvalue weighted by molar-refractivity contribution is 5.63. The van der Waals surface area contributed by atoms with Gasteiger partial charge in [0, 0.05) is 23.2 Å². The quantitative estimate of drug-likeness (QED) is 0.425. The molecule has 0 bridgehead atoms. The van der Waals surface area contributed by atoms with E-state index in [9.17, 15) is 10.2 Å². The maximum absolute atomic E-state index is 10.2. The standard InChI is InChI=1S/C13H15N5O2/c14-18-16-8-6-12(19)13(20)10-4-2-1-3-9(10)11-5-7-15-17-11/h1-5,7,12-13,19-20H,6,8H2,(H,15,17). The molecule has 2 aromatic rings. The Hall–Kier alpha value is -2.34. The van der Waals surface area contributed by atoms with Gasteiger partial charge in [-0.1, -0.05) is 29.4 Å². The molecule has 0 aliphatic heterocycles. The summed E-state index contributed by atoms with van der Waals surface area (Å²) in [7, 11) is 0. The lowest BCUT2D eigenvalue weighted by Crippen LogP contribution is -2.19. The molecule has 0 spiro atoms. The van der Waals surface area contributed by atoms with Crippen LogP contribution in [0.1, 0.15) is 18.1 Å². The Labute approximate surface area is 115 Å². The number of aromatic amines is 1. The molecule has 2 atom stereocenters. The molecule has 1 aromatic heterocycles. The minimum absolute atomic E-state index is 0.140. The van der Waals surface area contributed by atoms with Gasteiger partial charge in [-0.2, -0.15) is 5.10 Å². The first-order valence-corrected chi connectivity index (χ1v) is 6.19. The first-order valence-electron chi connectivity index (χ1n) is 6.19. The van der Waals surface area contributed by atoms with Crippen LogP contribution in [0.5, 0.6) is 0 Å². The zero-order chi connectivity index (χ0) is 14.4. The molecule has 0 aliphatic carbocycles. The molecule has 2 unspecified atom stereocenters. The van der Waals surface area contributed by atoms with E-state index in [1.54, 1.807) is 24.4 Å². The van der Waals surface area contributed by atoms with Crippen molar-refractivity contribution >= 4 is 0 Å². The van der Waals surface area contributed by atoms with Gasteiger partial charge >= 0.3 is 0 Å². The fraction of sp³-hybridized carbons (Fsp3) is 0.308. The lowest BCUT2D eigenvalue weighted by Gasteiger charge is -2.19. The molecule has 1 heterocycles. The number of aliphatic hydroxyl groups excluding tert-OH is 2. The highest BCUT2D eigenvalue weighted by Crippen LogP contribution is 2.29. The van der Waals surface area contributed by atoms with Gasteiger partial charge in [0.05, 0.1) is 11.8 Å². The molecular formula is C13H15N5O2. The summed E-state index contributed by atoms with van der Waals surface area (Å²) in [6.07, 6.45) is -0.230. The molecule has 7 heteroatoms. The highest BCUT2D eigenvalue weighted by atomic mass is 16.3. The molecule has 7 nitrogen and oxygen atoms in total. The first kappa shape index (κ1) is 14.1. The molecule has 0 saturated carbocycles. The monoisotopic (exact) mass is 273 g/mol. The predicted molar refractivity (Wildman–Crippen MR) is 73.6 cm³/mol. The second kappa shape index (κ2) is 6.72. The number of nitrogens with one attached hydrogen (secondary N) is 1. The summed E-state index contributed by atoms with van der Waals surface area (Å²) in [5, 5.41) is 30.3. The molecule has 2 rings (SSSR count). The molecule has 1 aromatic carbocycles. The lowest BCUT2D eigenvalue weighted by atomic mass is 9.95. The molecule has 0 amide bonds.